The van der Waals surface area contributed by atoms with Crippen molar-refractivity contribution in [1.29, 1.82) is 0 Å². The first-order valence-corrected chi connectivity index (χ1v) is 21.3. The van der Waals surface area contributed by atoms with Gasteiger partial charge < -0.3 is 33.5 Å². The number of hydrogen-bond acceptors (Lipinski definition) is 13. The SMILES string of the molecule is COC(=O)[C@@H]1CCCC[C@H]1C.COC(=O)[C@H]1CC=CC[C@H]1C.COC(=O)[C@H]1CC=CC[C@H]1C(=O)O.COC(=O)[C@H]1CC=CC[C@H]1C(=O)OC.COC(=O)[C@H]1CCCC[C@H]1C. The van der Waals surface area contributed by atoms with Crippen molar-refractivity contribution in [1.82, 2.24) is 0 Å². The third kappa shape index (κ3) is 18.0. The van der Waals surface area contributed by atoms with Crippen LogP contribution in [0.3, 0.4) is 0 Å². The zero-order valence-corrected chi connectivity index (χ0v) is 37.4. The number of carboxylic acid groups (broad SMARTS) is 1. The molecule has 2 saturated carbocycles. The van der Waals surface area contributed by atoms with Crippen molar-refractivity contribution in [2.45, 2.75) is 111 Å². The number of methoxy groups -OCH3 is 6. The lowest BCUT2D eigenvalue weighted by Crippen LogP contribution is -2.32. The highest BCUT2D eigenvalue weighted by molar-refractivity contribution is 5.83. The molecular formula is C46H72O14. The molecule has 0 radical (unpaired) electrons. The monoisotopic (exact) mass is 848 g/mol. The third-order valence-corrected chi connectivity index (χ3v) is 12.2. The summed E-state index contributed by atoms with van der Waals surface area (Å²) in [5, 5.41) is 8.81. The standard InChI is InChI=1S/C10H14O4.C9H12O4.2C9H16O2.C9H14O2/c1-13-9(11)7-5-3-4-6-8(7)10(12)14-2;1-13-9(12)7-5-3-2-4-6(7)8(10)11;3*1-7-5-3-4-6-8(7)9(10)11-2/h3-4,7-8H,5-6H2,1-2H3;2-3,6-7H,4-5H2,1H3,(H,10,11);2*7-8H,3-6H2,1-2H3;3-4,7-8H,5-6H2,1-2H3/t7-,8+;6-,7+;7-,8+;7-,8-;7-,8+/m.1111/s1. The number of carboxylic acids is 1. The summed E-state index contributed by atoms with van der Waals surface area (Å²) in [7, 11) is 8.34. The van der Waals surface area contributed by atoms with Gasteiger partial charge in [0.25, 0.3) is 0 Å². The number of hydrogen-bond donors (Lipinski definition) is 1. The van der Waals surface area contributed by atoms with Crippen molar-refractivity contribution < 1.29 is 67.1 Å². The summed E-state index contributed by atoms with van der Waals surface area (Å²) in [6, 6.07) is 0. The molecular weight excluding hydrogens is 776 g/mol. The van der Waals surface area contributed by atoms with Gasteiger partial charge in [-0.3, -0.25) is 33.6 Å². The summed E-state index contributed by atoms with van der Waals surface area (Å²) >= 11 is 0. The highest BCUT2D eigenvalue weighted by Gasteiger charge is 2.36. The molecule has 0 spiro atoms. The molecule has 5 aliphatic rings. The van der Waals surface area contributed by atoms with Gasteiger partial charge in [0.05, 0.1) is 84.1 Å². The molecule has 5 rings (SSSR count). The van der Waals surface area contributed by atoms with E-state index in [4.69, 9.17) is 14.6 Å². The molecule has 0 aliphatic heterocycles. The molecule has 2 fully saturated rings. The minimum Gasteiger partial charge on any atom is -0.481 e. The van der Waals surface area contributed by atoms with Crippen LogP contribution < -0.4 is 0 Å². The highest BCUT2D eigenvalue weighted by Crippen LogP contribution is 2.32. The normalized spacial score (nSPS) is 28.8. The number of carbonyl (C=O) groups excluding carboxylic acids is 6. The van der Waals surface area contributed by atoms with Crippen molar-refractivity contribution in [3.8, 4) is 0 Å². The second kappa shape index (κ2) is 29.7. The van der Waals surface area contributed by atoms with Crippen LogP contribution in [0.4, 0.5) is 0 Å². The van der Waals surface area contributed by atoms with Gasteiger partial charge in [0.2, 0.25) is 0 Å². The van der Waals surface area contributed by atoms with Crippen LogP contribution in [0.2, 0.25) is 0 Å². The predicted octanol–water partition coefficient (Wildman–Crippen LogP) is 7.47. The lowest BCUT2D eigenvalue weighted by Gasteiger charge is -2.25. The minimum atomic E-state index is -0.931. The van der Waals surface area contributed by atoms with Crippen LogP contribution in [-0.4, -0.2) is 89.6 Å². The Balaban J connectivity index is 0.000000376. The molecule has 0 amide bonds. The molecule has 60 heavy (non-hydrogen) atoms. The van der Waals surface area contributed by atoms with Gasteiger partial charge in [-0.2, -0.15) is 0 Å². The Morgan fingerprint density at radius 1 is 0.350 bits per heavy atom. The van der Waals surface area contributed by atoms with Crippen molar-refractivity contribution in [3.63, 3.8) is 0 Å². The first kappa shape index (κ1) is 53.5. The van der Waals surface area contributed by atoms with E-state index < -0.39 is 35.6 Å². The van der Waals surface area contributed by atoms with Crippen molar-refractivity contribution in [2.24, 2.45) is 59.2 Å². The maximum absolute atomic E-state index is 11.3. The van der Waals surface area contributed by atoms with E-state index >= 15 is 0 Å². The molecule has 0 bridgehead atoms. The van der Waals surface area contributed by atoms with E-state index in [9.17, 15) is 33.6 Å². The Morgan fingerprint density at radius 2 is 0.600 bits per heavy atom. The molecule has 0 heterocycles. The molecule has 14 heteroatoms. The Labute approximate surface area is 357 Å². The van der Waals surface area contributed by atoms with Gasteiger partial charge in [-0.1, -0.05) is 82.9 Å². The maximum Gasteiger partial charge on any atom is 0.309 e. The van der Waals surface area contributed by atoms with E-state index in [2.05, 4.69) is 51.9 Å². The topological polar surface area (TPSA) is 195 Å². The van der Waals surface area contributed by atoms with Crippen LogP contribution in [0, 0.1) is 59.2 Å². The molecule has 0 unspecified atom stereocenters. The second-order valence-electron chi connectivity index (χ2n) is 16.1. The lowest BCUT2D eigenvalue weighted by atomic mass is 9.80. The fourth-order valence-electron chi connectivity index (χ4n) is 8.20. The fourth-order valence-corrected chi connectivity index (χ4v) is 8.20. The molecule has 0 aromatic rings. The van der Waals surface area contributed by atoms with E-state index in [1.807, 2.05) is 18.2 Å². The van der Waals surface area contributed by atoms with Gasteiger partial charge in [-0.15, -0.1) is 0 Å². The van der Waals surface area contributed by atoms with Crippen molar-refractivity contribution in [3.05, 3.63) is 36.5 Å². The van der Waals surface area contributed by atoms with Gasteiger partial charge in [0.1, 0.15) is 0 Å². The summed E-state index contributed by atoms with van der Waals surface area (Å²) in [5.74, 6) is -2.16. The van der Waals surface area contributed by atoms with Gasteiger partial charge >= 0.3 is 41.8 Å². The highest BCUT2D eigenvalue weighted by atomic mass is 16.5. The van der Waals surface area contributed by atoms with Crippen molar-refractivity contribution >= 4 is 41.8 Å². The quantitative estimate of drug-likeness (QED) is 0.150. The zero-order valence-electron chi connectivity index (χ0n) is 37.4. The Bertz CT molecular complexity index is 1390. The first-order valence-electron chi connectivity index (χ1n) is 21.3. The fraction of sp³-hybridized carbons (Fsp3) is 0.717. The molecule has 5 aliphatic carbocycles. The third-order valence-electron chi connectivity index (χ3n) is 12.2. The summed E-state index contributed by atoms with van der Waals surface area (Å²) in [6.07, 6.45) is 24.7. The van der Waals surface area contributed by atoms with Crippen LogP contribution in [0.5, 0.6) is 0 Å². The molecule has 0 aromatic heterocycles. The minimum absolute atomic E-state index is 0.0165. The summed E-state index contributed by atoms with van der Waals surface area (Å²) in [4.78, 5) is 78.0. The zero-order chi connectivity index (χ0) is 45.2. The van der Waals surface area contributed by atoms with E-state index in [-0.39, 0.29) is 47.6 Å². The number of ether oxygens (including phenoxy) is 6. The van der Waals surface area contributed by atoms with E-state index in [0.717, 1.165) is 25.7 Å². The van der Waals surface area contributed by atoms with E-state index in [1.54, 1.807) is 6.08 Å². The number of rotatable bonds is 7. The van der Waals surface area contributed by atoms with Gasteiger partial charge in [0, 0.05) is 0 Å². The molecule has 340 valence electrons. The number of carbonyl (C=O) groups is 7. The maximum atomic E-state index is 11.3. The average Bonchev–Trinajstić information content (AvgIpc) is 3.28. The van der Waals surface area contributed by atoms with Gasteiger partial charge in [-0.05, 0) is 82.0 Å². The van der Waals surface area contributed by atoms with Crippen LogP contribution in [0.25, 0.3) is 0 Å². The van der Waals surface area contributed by atoms with Crippen LogP contribution in [0.15, 0.2) is 36.5 Å². The second-order valence-corrected chi connectivity index (χ2v) is 16.1. The largest absolute Gasteiger partial charge is 0.481 e. The lowest BCUT2D eigenvalue weighted by molar-refractivity contribution is -0.157. The number of esters is 6. The molecule has 10 atom stereocenters. The molecule has 1 N–H and O–H groups in total. The Hall–Kier alpha value is -4.49. The summed E-state index contributed by atoms with van der Waals surface area (Å²) in [5.41, 5.74) is 0. The Kier molecular flexibility index (Phi) is 26.5. The average molecular weight is 849 g/mol. The smallest absolute Gasteiger partial charge is 0.309 e. The Morgan fingerprint density at radius 3 is 0.900 bits per heavy atom. The summed E-state index contributed by atoms with van der Waals surface area (Å²) < 4.78 is 27.9. The first-order chi connectivity index (χ1) is 28.6. The van der Waals surface area contributed by atoms with Crippen LogP contribution >= 0.6 is 0 Å². The number of allylic oxidation sites excluding steroid dienone is 6. The summed E-state index contributed by atoms with van der Waals surface area (Å²) in [6.45, 7) is 6.37. The van der Waals surface area contributed by atoms with E-state index in [0.29, 0.717) is 43.4 Å². The molecule has 0 aromatic carbocycles. The number of aliphatic carboxylic acids is 1. The van der Waals surface area contributed by atoms with Gasteiger partial charge in [0.15, 0.2) is 0 Å². The van der Waals surface area contributed by atoms with E-state index in [1.165, 1.54) is 81.2 Å². The van der Waals surface area contributed by atoms with Gasteiger partial charge in [-0.25, -0.2) is 0 Å². The van der Waals surface area contributed by atoms with Crippen LogP contribution in [0.1, 0.15) is 111 Å². The van der Waals surface area contributed by atoms with Crippen molar-refractivity contribution in [2.75, 3.05) is 42.7 Å². The van der Waals surface area contributed by atoms with Crippen LogP contribution in [-0.2, 0) is 62.0 Å². The molecule has 0 saturated heterocycles. The molecule has 14 nitrogen and oxygen atoms in total. The predicted molar refractivity (Wildman–Crippen MR) is 224 cm³/mol.